The van der Waals surface area contributed by atoms with Crippen molar-refractivity contribution in [3.8, 4) is 0 Å². The average Bonchev–Trinajstić information content (AvgIpc) is 3.24. The van der Waals surface area contributed by atoms with Crippen molar-refractivity contribution in [1.82, 2.24) is 9.88 Å². The van der Waals surface area contributed by atoms with E-state index in [-0.39, 0.29) is 0 Å². The second-order valence-electron chi connectivity index (χ2n) is 10.3. The summed E-state index contributed by atoms with van der Waals surface area (Å²) in [6.45, 7) is 8.21. The Morgan fingerprint density at radius 2 is 2.04 bits per heavy atom. The van der Waals surface area contributed by atoms with E-state index in [1.54, 1.807) is 5.57 Å². The minimum absolute atomic E-state index is 0.293. The van der Waals surface area contributed by atoms with E-state index < -0.39 is 0 Å². The highest BCUT2D eigenvalue weighted by Crippen LogP contribution is 2.66. The van der Waals surface area contributed by atoms with Gasteiger partial charge >= 0.3 is 0 Å². The molecule has 150 valence electrons. The Bertz CT molecular complexity index is 817. The third kappa shape index (κ3) is 2.40. The molecule has 4 aliphatic rings. The smallest absolute Gasteiger partial charge is 0.209 e. The minimum Gasteiger partial charge on any atom is -0.342 e. The summed E-state index contributed by atoms with van der Waals surface area (Å²) in [6.07, 6.45) is 16.3. The first-order valence-corrected chi connectivity index (χ1v) is 11.4. The fourth-order valence-corrected chi connectivity index (χ4v) is 7.83. The van der Waals surface area contributed by atoms with Crippen LogP contribution < -0.4 is 0 Å². The molecular formula is C25H34N2O. The number of rotatable bonds is 3. The van der Waals surface area contributed by atoms with E-state index in [2.05, 4.69) is 49.0 Å². The van der Waals surface area contributed by atoms with Gasteiger partial charge in [0.15, 0.2) is 0 Å². The molecule has 0 N–H and O–H groups in total. The van der Waals surface area contributed by atoms with Gasteiger partial charge in [0.25, 0.3) is 0 Å². The van der Waals surface area contributed by atoms with Gasteiger partial charge < -0.3 is 4.90 Å². The maximum atomic E-state index is 11.6. The number of allylic oxidation sites excluding steroid dienone is 2. The van der Waals surface area contributed by atoms with Gasteiger partial charge in [-0.05, 0) is 96.3 Å². The summed E-state index contributed by atoms with van der Waals surface area (Å²) in [6, 6.07) is 2.85. The molecule has 5 rings (SSSR count). The summed E-state index contributed by atoms with van der Waals surface area (Å²) in [4.78, 5) is 18.2. The summed E-state index contributed by atoms with van der Waals surface area (Å²) in [5.74, 6) is 2.35. The van der Waals surface area contributed by atoms with Gasteiger partial charge in [-0.15, -0.1) is 0 Å². The van der Waals surface area contributed by atoms with Crippen molar-refractivity contribution >= 4 is 12.0 Å². The van der Waals surface area contributed by atoms with Crippen LogP contribution >= 0.6 is 0 Å². The van der Waals surface area contributed by atoms with Crippen molar-refractivity contribution in [3.05, 3.63) is 35.7 Å². The first kappa shape index (κ1) is 18.4. The Kier molecular flexibility index (Phi) is 4.23. The molecule has 1 aromatic rings. The number of pyridine rings is 1. The first-order chi connectivity index (χ1) is 13.5. The maximum absolute atomic E-state index is 11.6. The summed E-state index contributed by atoms with van der Waals surface area (Å²) >= 11 is 0. The lowest BCUT2D eigenvalue weighted by Gasteiger charge is -2.57. The van der Waals surface area contributed by atoms with Crippen molar-refractivity contribution in [2.75, 3.05) is 6.54 Å². The van der Waals surface area contributed by atoms with E-state index in [1.165, 1.54) is 49.7 Å². The third-order valence-corrected chi connectivity index (χ3v) is 9.36. The Morgan fingerprint density at radius 1 is 1.18 bits per heavy atom. The van der Waals surface area contributed by atoms with Crippen molar-refractivity contribution in [2.45, 2.75) is 71.8 Å². The van der Waals surface area contributed by atoms with Crippen LogP contribution in [0, 0.1) is 28.6 Å². The molecule has 0 spiro atoms. The van der Waals surface area contributed by atoms with E-state index >= 15 is 0 Å². The summed E-state index contributed by atoms with van der Waals surface area (Å²) in [7, 11) is 0. The Labute approximate surface area is 169 Å². The van der Waals surface area contributed by atoms with E-state index in [9.17, 15) is 4.79 Å². The molecule has 1 saturated heterocycles. The van der Waals surface area contributed by atoms with Crippen LogP contribution in [0.1, 0.15) is 70.4 Å². The van der Waals surface area contributed by atoms with Crippen molar-refractivity contribution in [3.63, 3.8) is 0 Å². The SMILES string of the molecule is CCc1cncc(C2=CC[C@H]3[C@@H]4CCC5N(C=O)CC[C@]5(C)[C@H]4CC[C@]23C)c1. The number of carbonyl (C=O) groups is 1. The molecule has 1 aliphatic heterocycles. The number of carbonyl (C=O) groups excluding carboxylic acids is 1. The lowest BCUT2D eigenvalue weighted by Crippen LogP contribution is -2.53. The van der Waals surface area contributed by atoms with Gasteiger partial charge in [-0.25, -0.2) is 0 Å². The molecule has 3 nitrogen and oxygen atoms in total. The zero-order valence-corrected chi connectivity index (χ0v) is 17.7. The van der Waals surface area contributed by atoms with Crippen LogP contribution in [0.15, 0.2) is 24.5 Å². The number of aryl methyl sites for hydroxylation is 1. The highest BCUT2D eigenvalue weighted by Gasteiger charge is 2.60. The molecule has 6 atom stereocenters. The first-order valence-electron chi connectivity index (χ1n) is 11.4. The molecule has 2 heterocycles. The normalized spacial score (nSPS) is 41.8. The number of fused-ring (bicyclic) bond motifs is 5. The van der Waals surface area contributed by atoms with Crippen LogP contribution in [0.2, 0.25) is 0 Å². The summed E-state index contributed by atoms with van der Waals surface area (Å²) in [5.41, 5.74) is 4.88. The predicted octanol–water partition coefficient (Wildman–Crippen LogP) is 5.11. The van der Waals surface area contributed by atoms with Gasteiger partial charge in [-0.1, -0.05) is 26.8 Å². The lowest BCUT2D eigenvalue weighted by atomic mass is 9.48. The van der Waals surface area contributed by atoms with Gasteiger partial charge in [0.05, 0.1) is 0 Å². The van der Waals surface area contributed by atoms with Crippen molar-refractivity contribution < 1.29 is 4.79 Å². The van der Waals surface area contributed by atoms with Gasteiger partial charge in [0, 0.05) is 25.0 Å². The molecule has 0 bridgehead atoms. The standard InChI is InChI=1S/C25H34N2O/c1-4-17-13-18(15-26-14-17)20-6-7-21-19-5-8-23-25(3,11-12-27(23)16-28)22(19)9-10-24(20,21)2/h6,13-16,19,21-23H,4-5,7-12H2,1-3H3/t19-,21-,22-,23?,24+,25+/m0/s1. The number of likely N-dealkylation sites (tertiary alicyclic amines) is 1. The van der Waals surface area contributed by atoms with Crippen LogP contribution in [0.3, 0.4) is 0 Å². The number of nitrogens with zero attached hydrogens (tertiary/aromatic N) is 2. The topological polar surface area (TPSA) is 33.2 Å². The Balaban J connectivity index is 1.44. The minimum atomic E-state index is 0.293. The van der Waals surface area contributed by atoms with Crippen molar-refractivity contribution in [1.29, 1.82) is 0 Å². The largest absolute Gasteiger partial charge is 0.342 e. The molecular weight excluding hydrogens is 344 g/mol. The zero-order chi connectivity index (χ0) is 19.5. The molecule has 0 aromatic carbocycles. The third-order valence-electron chi connectivity index (χ3n) is 9.36. The van der Waals surface area contributed by atoms with Gasteiger partial charge in [-0.3, -0.25) is 9.78 Å². The van der Waals surface area contributed by atoms with Crippen LogP contribution in [-0.4, -0.2) is 28.9 Å². The lowest BCUT2D eigenvalue weighted by molar-refractivity contribution is -0.123. The molecule has 0 radical (unpaired) electrons. The summed E-state index contributed by atoms with van der Waals surface area (Å²) < 4.78 is 0. The fraction of sp³-hybridized carbons (Fsp3) is 0.680. The number of hydrogen-bond donors (Lipinski definition) is 0. The van der Waals surface area contributed by atoms with E-state index in [0.29, 0.717) is 16.9 Å². The average molecular weight is 379 g/mol. The molecule has 28 heavy (non-hydrogen) atoms. The molecule has 3 heteroatoms. The predicted molar refractivity (Wildman–Crippen MR) is 113 cm³/mol. The highest BCUT2D eigenvalue weighted by atomic mass is 16.1. The highest BCUT2D eigenvalue weighted by molar-refractivity contribution is 5.72. The van der Waals surface area contributed by atoms with Gasteiger partial charge in [0.1, 0.15) is 0 Å². The summed E-state index contributed by atoms with van der Waals surface area (Å²) in [5, 5.41) is 0. The number of aromatic nitrogens is 1. The van der Waals surface area contributed by atoms with E-state index in [0.717, 1.165) is 37.1 Å². The molecule has 1 amide bonds. The van der Waals surface area contributed by atoms with Crippen molar-refractivity contribution in [2.24, 2.45) is 28.6 Å². The van der Waals surface area contributed by atoms with Crippen LogP contribution in [0.4, 0.5) is 0 Å². The fourth-order valence-electron chi connectivity index (χ4n) is 7.83. The molecule has 1 aromatic heterocycles. The van der Waals surface area contributed by atoms with Crippen LogP contribution in [0.25, 0.3) is 5.57 Å². The van der Waals surface area contributed by atoms with Crippen LogP contribution in [0.5, 0.6) is 0 Å². The van der Waals surface area contributed by atoms with Gasteiger partial charge in [0.2, 0.25) is 6.41 Å². The molecule has 1 unspecified atom stereocenters. The van der Waals surface area contributed by atoms with E-state index in [4.69, 9.17) is 0 Å². The monoisotopic (exact) mass is 378 g/mol. The molecule has 3 aliphatic carbocycles. The Morgan fingerprint density at radius 3 is 2.82 bits per heavy atom. The maximum Gasteiger partial charge on any atom is 0.209 e. The van der Waals surface area contributed by atoms with Crippen LogP contribution in [-0.2, 0) is 11.2 Å². The Hall–Kier alpha value is -1.64. The number of hydrogen-bond acceptors (Lipinski definition) is 2. The molecule has 3 fully saturated rings. The number of amides is 1. The second kappa shape index (κ2) is 6.43. The zero-order valence-electron chi connectivity index (χ0n) is 17.7. The van der Waals surface area contributed by atoms with Gasteiger partial charge in [-0.2, -0.15) is 0 Å². The molecule has 2 saturated carbocycles. The quantitative estimate of drug-likeness (QED) is 0.685. The van der Waals surface area contributed by atoms with E-state index in [1.807, 2.05) is 6.20 Å². The second-order valence-corrected chi connectivity index (χ2v) is 10.3.